The Hall–Kier alpha value is -3.67. The molecular formula is C53H86O6. The van der Waals surface area contributed by atoms with Crippen LogP contribution in [0.25, 0.3) is 0 Å². The van der Waals surface area contributed by atoms with Gasteiger partial charge in [-0.25, -0.2) is 0 Å². The van der Waals surface area contributed by atoms with Crippen molar-refractivity contribution in [2.45, 2.75) is 207 Å². The van der Waals surface area contributed by atoms with Gasteiger partial charge in [0.1, 0.15) is 13.2 Å². The molecule has 0 spiro atoms. The van der Waals surface area contributed by atoms with Crippen LogP contribution in [-0.2, 0) is 28.6 Å². The van der Waals surface area contributed by atoms with E-state index in [2.05, 4.69) is 63.3 Å². The maximum atomic E-state index is 12.7. The highest BCUT2D eigenvalue weighted by Crippen LogP contribution is 2.11. The summed E-state index contributed by atoms with van der Waals surface area (Å²) in [5.41, 5.74) is 0. The van der Waals surface area contributed by atoms with E-state index in [0.717, 1.165) is 77.0 Å². The molecule has 0 amide bonds. The van der Waals surface area contributed by atoms with E-state index in [1.165, 1.54) is 77.0 Å². The van der Waals surface area contributed by atoms with Crippen LogP contribution in [0, 0.1) is 0 Å². The summed E-state index contributed by atoms with van der Waals surface area (Å²) in [7, 11) is 0. The molecule has 0 saturated heterocycles. The summed E-state index contributed by atoms with van der Waals surface area (Å²) in [5.74, 6) is -1.06. The highest BCUT2D eigenvalue weighted by atomic mass is 16.6. The first-order chi connectivity index (χ1) is 29.0. The van der Waals surface area contributed by atoms with Crippen LogP contribution in [0.2, 0.25) is 0 Å². The lowest BCUT2D eigenvalue weighted by atomic mass is 10.1. The molecule has 0 fully saturated rings. The van der Waals surface area contributed by atoms with Crippen molar-refractivity contribution in [3.63, 3.8) is 0 Å². The van der Waals surface area contributed by atoms with Crippen molar-refractivity contribution in [1.29, 1.82) is 0 Å². The Bertz CT molecular complexity index is 1220. The van der Waals surface area contributed by atoms with E-state index in [-0.39, 0.29) is 31.6 Å². The van der Waals surface area contributed by atoms with Gasteiger partial charge in [-0.3, -0.25) is 14.4 Å². The quantitative estimate of drug-likeness (QED) is 0.0201. The van der Waals surface area contributed by atoms with Crippen LogP contribution in [0.15, 0.2) is 97.2 Å². The molecule has 0 aliphatic carbocycles. The number of carbonyl (C=O) groups excluding carboxylic acids is 3. The zero-order chi connectivity index (χ0) is 43.0. The summed E-state index contributed by atoms with van der Waals surface area (Å²) in [6, 6.07) is 0. The van der Waals surface area contributed by atoms with E-state index in [1.807, 2.05) is 54.7 Å². The van der Waals surface area contributed by atoms with E-state index in [4.69, 9.17) is 14.2 Å². The summed E-state index contributed by atoms with van der Waals surface area (Å²) in [5, 5.41) is 0. The zero-order valence-corrected chi connectivity index (χ0v) is 38.0. The third-order valence-electron chi connectivity index (χ3n) is 9.68. The molecule has 0 aromatic heterocycles. The van der Waals surface area contributed by atoms with Gasteiger partial charge in [-0.05, 0) is 83.5 Å². The number of carbonyl (C=O) groups is 3. The highest BCUT2D eigenvalue weighted by molar-refractivity contribution is 5.71. The van der Waals surface area contributed by atoms with Crippen LogP contribution in [0.5, 0.6) is 0 Å². The molecule has 0 aliphatic rings. The SMILES string of the molecule is CC\C=C/C=C\C=C/C=C\C=C/CCCCCC(=O)OCC(COC(=O)CCCCC/C=C\CCCCCCCC)OC(=O)CC/C=C\C/C=C\CCCCCCCC. The monoisotopic (exact) mass is 819 g/mol. The van der Waals surface area contributed by atoms with Gasteiger partial charge in [0.2, 0.25) is 0 Å². The molecular weight excluding hydrogens is 733 g/mol. The Labute approximate surface area is 362 Å². The number of ether oxygens (including phenoxy) is 3. The van der Waals surface area contributed by atoms with Gasteiger partial charge >= 0.3 is 17.9 Å². The second kappa shape index (κ2) is 47.0. The Morgan fingerprint density at radius 3 is 1.25 bits per heavy atom. The largest absolute Gasteiger partial charge is 0.462 e. The third kappa shape index (κ3) is 45.3. The minimum absolute atomic E-state index is 0.123. The van der Waals surface area contributed by atoms with Gasteiger partial charge in [-0.2, -0.15) is 0 Å². The van der Waals surface area contributed by atoms with Crippen molar-refractivity contribution in [3.05, 3.63) is 97.2 Å². The molecule has 0 bridgehead atoms. The van der Waals surface area contributed by atoms with E-state index in [9.17, 15) is 14.4 Å². The molecule has 1 atom stereocenters. The Balaban J connectivity index is 4.57. The van der Waals surface area contributed by atoms with E-state index >= 15 is 0 Å². The van der Waals surface area contributed by atoms with Crippen LogP contribution < -0.4 is 0 Å². The predicted molar refractivity (Wildman–Crippen MR) is 251 cm³/mol. The minimum Gasteiger partial charge on any atom is -0.462 e. The number of esters is 3. The van der Waals surface area contributed by atoms with E-state index < -0.39 is 12.1 Å². The number of rotatable bonds is 41. The van der Waals surface area contributed by atoms with Crippen LogP contribution in [-0.4, -0.2) is 37.2 Å². The standard InChI is InChI=1S/C53H86O6/c1-4-7-10-13-16-19-22-25-26-29-31-34-37-40-43-46-52(55)58-49-50(59-53(56)47-44-41-38-35-32-28-24-21-18-15-12-9-6-3)48-57-51(54)45-42-39-36-33-30-27-23-20-17-14-11-8-5-2/h7,10,13,16,19,22,25-32,38,41,50H,4-6,8-9,11-12,14-15,17-18,20-21,23-24,33-37,39-40,42-49H2,1-3H3/b10-7-,16-13-,22-19-,26-25-,30-27-,31-29-,32-28-,41-38-. The second-order valence-electron chi connectivity index (χ2n) is 15.4. The average molecular weight is 819 g/mol. The van der Waals surface area contributed by atoms with Gasteiger partial charge in [0.05, 0.1) is 0 Å². The fourth-order valence-corrected chi connectivity index (χ4v) is 6.10. The summed E-state index contributed by atoms with van der Waals surface area (Å²) < 4.78 is 16.6. The van der Waals surface area contributed by atoms with Crippen LogP contribution in [0.4, 0.5) is 0 Å². The van der Waals surface area contributed by atoms with Crippen molar-refractivity contribution < 1.29 is 28.6 Å². The smallest absolute Gasteiger partial charge is 0.306 e. The van der Waals surface area contributed by atoms with Crippen molar-refractivity contribution >= 4 is 17.9 Å². The maximum Gasteiger partial charge on any atom is 0.306 e. The molecule has 0 saturated carbocycles. The predicted octanol–water partition coefficient (Wildman–Crippen LogP) is 15.4. The zero-order valence-electron chi connectivity index (χ0n) is 38.0. The fourth-order valence-electron chi connectivity index (χ4n) is 6.10. The van der Waals surface area contributed by atoms with Crippen molar-refractivity contribution in [3.8, 4) is 0 Å². The van der Waals surface area contributed by atoms with Crippen LogP contribution in [0.3, 0.4) is 0 Å². The van der Waals surface area contributed by atoms with Gasteiger partial charge in [0.25, 0.3) is 0 Å². The first-order valence-electron chi connectivity index (χ1n) is 23.8. The molecule has 0 aromatic rings. The number of unbranched alkanes of at least 4 members (excludes halogenated alkanes) is 18. The normalized spacial score (nSPS) is 12.9. The summed E-state index contributed by atoms with van der Waals surface area (Å²) in [4.78, 5) is 37.8. The van der Waals surface area contributed by atoms with Crippen LogP contribution in [0.1, 0.15) is 201 Å². The van der Waals surface area contributed by atoms with Crippen molar-refractivity contribution in [1.82, 2.24) is 0 Å². The number of hydrogen-bond donors (Lipinski definition) is 0. The Kier molecular flexibility index (Phi) is 44.1. The molecule has 0 heterocycles. The fraction of sp³-hybridized carbons (Fsp3) is 0.642. The molecule has 0 radical (unpaired) electrons. The molecule has 0 aromatic carbocycles. The first-order valence-corrected chi connectivity index (χ1v) is 23.8. The lowest BCUT2D eigenvalue weighted by molar-refractivity contribution is -0.166. The second-order valence-corrected chi connectivity index (χ2v) is 15.4. The molecule has 6 nitrogen and oxygen atoms in total. The van der Waals surface area contributed by atoms with E-state index in [1.54, 1.807) is 0 Å². The van der Waals surface area contributed by atoms with Crippen LogP contribution >= 0.6 is 0 Å². The lowest BCUT2D eigenvalue weighted by Crippen LogP contribution is -2.30. The molecule has 59 heavy (non-hydrogen) atoms. The molecule has 1 unspecified atom stereocenters. The van der Waals surface area contributed by atoms with E-state index in [0.29, 0.717) is 19.3 Å². The van der Waals surface area contributed by atoms with Gasteiger partial charge in [0, 0.05) is 19.3 Å². The number of hydrogen-bond acceptors (Lipinski definition) is 6. The Morgan fingerprint density at radius 1 is 0.373 bits per heavy atom. The molecule has 334 valence electrons. The average Bonchev–Trinajstić information content (AvgIpc) is 3.23. The molecule has 0 N–H and O–H groups in total. The van der Waals surface area contributed by atoms with Gasteiger partial charge in [-0.15, -0.1) is 0 Å². The topological polar surface area (TPSA) is 78.9 Å². The maximum absolute atomic E-state index is 12.7. The summed E-state index contributed by atoms with van der Waals surface area (Å²) in [6.45, 7) is 6.35. The lowest BCUT2D eigenvalue weighted by Gasteiger charge is -2.18. The van der Waals surface area contributed by atoms with Gasteiger partial charge in [-0.1, -0.05) is 195 Å². The highest BCUT2D eigenvalue weighted by Gasteiger charge is 2.19. The summed E-state index contributed by atoms with van der Waals surface area (Å²) >= 11 is 0. The Morgan fingerprint density at radius 2 is 0.763 bits per heavy atom. The minimum atomic E-state index is -0.831. The van der Waals surface area contributed by atoms with Crippen molar-refractivity contribution in [2.75, 3.05) is 13.2 Å². The van der Waals surface area contributed by atoms with Crippen molar-refractivity contribution in [2.24, 2.45) is 0 Å². The third-order valence-corrected chi connectivity index (χ3v) is 9.68. The number of allylic oxidation sites excluding steroid dienone is 16. The molecule has 0 aliphatic heterocycles. The molecule has 0 rings (SSSR count). The molecule has 6 heteroatoms. The van der Waals surface area contributed by atoms with Gasteiger partial charge in [0.15, 0.2) is 6.10 Å². The van der Waals surface area contributed by atoms with Gasteiger partial charge < -0.3 is 14.2 Å². The first kappa shape index (κ1) is 55.3. The summed E-state index contributed by atoms with van der Waals surface area (Å²) in [6.07, 6.45) is 61.1.